The first-order valence-electron chi connectivity index (χ1n) is 44.0. The molecule has 8 saturated heterocycles. The van der Waals surface area contributed by atoms with Gasteiger partial charge >= 0.3 is 48.0 Å². The van der Waals surface area contributed by atoms with E-state index in [1.807, 2.05) is 111 Å². The van der Waals surface area contributed by atoms with Crippen LogP contribution in [0.25, 0.3) is 0 Å². The van der Waals surface area contributed by atoms with E-state index in [2.05, 4.69) is 13.8 Å². The lowest BCUT2D eigenvalue weighted by Crippen LogP contribution is -2.51. The molecule has 0 spiro atoms. The van der Waals surface area contributed by atoms with Crippen molar-refractivity contribution in [2.75, 3.05) is 72.5 Å². The van der Waals surface area contributed by atoms with Crippen molar-refractivity contribution in [2.45, 2.75) is 149 Å². The van der Waals surface area contributed by atoms with Gasteiger partial charge in [-0.2, -0.15) is 0 Å². The Morgan fingerprint density at radius 3 is 0.961 bits per heavy atom. The van der Waals surface area contributed by atoms with Gasteiger partial charge in [-0.05, 0) is 189 Å². The Labute approximate surface area is 750 Å². The highest BCUT2D eigenvalue weighted by Gasteiger charge is 2.77. The molecule has 30 heteroatoms. The molecule has 12 aliphatic heterocycles. The van der Waals surface area contributed by atoms with Crippen molar-refractivity contribution in [3.63, 3.8) is 0 Å². The molecule has 0 radical (unpaired) electrons. The van der Waals surface area contributed by atoms with Gasteiger partial charge in [0.1, 0.15) is 51.0 Å². The number of hydrogen-bond acceptors (Lipinski definition) is 20. The van der Waals surface area contributed by atoms with Crippen LogP contribution in [0.2, 0.25) is 5.02 Å². The van der Waals surface area contributed by atoms with Gasteiger partial charge in [0.15, 0.2) is 0 Å². The van der Waals surface area contributed by atoms with Gasteiger partial charge in [-0.25, -0.2) is 43.2 Å². The minimum atomic E-state index is -1.49. The van der Waals surface area contributed by atoms with Gasteiger partial charge in [0.05, 0.1) is 123 Å². The van der Waals surface area contributed by atoms with E-state index in [0.717, 1.165) is 79.6 Å². The number of para-hydroxylation sites is 2. The number of imide groups is 4. The molecular weight excluding hydrogens is 1680 g/mol. The number of rotatable bonds is 15. The van der Waals surface area contributed by atoms with E-state index in [1.54, 1.807) is 131 Å². The quantitative estimate of drug-likeness (QED) is 0.0523. The minimum absolute atomic E-state index is 0.133. The van der Waals surface area contributed by atoms with Crippen LogP contribution < -0.4 is 38.5 Å². The normalized spacial score (nSPS) is 28.0. The number of urea groups is 4. The van der Waals surface area contributed by atoms with Crippen LogP contribution in [-0.2, 0) is 76.6 Å². The molecule has 20 rings (SSSR count). The highest BCUT2D eigenvalue weighted by atomic mass is 35.5. The number of hydrogen-bond donors (Lipinski definition) is 0. The molecule has 12 amide bonds. The molecule has 28 nitrogen and oxygen atoms in total. The number of anilines is 4. The lowest BCUT2D eigenvalue weighted by molar-refractivity contribution is -0.155. The average Bonchev–Trinajstić information content (AvgIpc) is 1.54. The van der Waals surface area contributed by atoms with Crippen LogP contribution in [0.1, 0.15) is 145 Å². The summed E-state index contributed by atoms with van der Waals surface area (Å²) in [5.74, 6) is -6.67. The van der Waals surface area contributed by atoms with Crippen molar-refractivity contribution in [3.05, 3.63) is 237 Å². The Morgan fingerprint density at radius 1 is 0.349 bits per heavy atom. The van der Waals surface area contributed by atoms with Crippen LogP contribution in [0.3, 0.4) is 0 Å². The molecule has 16 atom stereocenters. The first-order chi connectivity index (χ1) is 62.0. The summed E-state index contributed by atoms with van der Waals surface area (Å²) < 4.78 is 59.5. The Kier molecular flexibility index (Phi) is 23.0. The largest absolute Gasteiger partial charge is 0.493 e. The highest BCUT2D eigenvalue weighted by Crippen LogP contribution is 2.64. The fourth-order valence-electron chi connectivity index (χ4n) is 22.1. The zero-order valence-electron chi connectivity index (χ0n) is 73.5. The summed E-state index contributed by atoms with van der Waals surface area (Å²) >= 11 is 6.01. The van der Waals surface area contributed by atoms with E-state index in [-0.39, 0.29) is 70.4 Å². The monoisotopic (exact) mass is 1770 g/mol. The second-order valence-electron chi connectivity index (χ2n) is 34.7. The van der Waals surface area contributed by atoms with Gasteiger partial charge in [-0.3, -0.25) is 38.4 Å². The second-order valence-corrected chi connectivity index (χ2v) is 35.1. The maximum atomic E-state index is 13.9. The van der Waals surface area contributed by atoms with E-state index in [0.29, 0.717) is 45.1 Å². The van der Waals surface area contributed by atoms with Crippen molar-refractivity contribution in [1.82, 2.24) is 19.6 Å². The van der Waals surface area contributed by atoms with Crippen molar-refractivity contribution >= 4 is 106 Å². The number of carbonyl (C=O) groups excluding carboxylic acids is 12. The zero-order valence-corrected chi connectivity index (χ0v) is 74.3. The number of esters is 4. The Bertz CT molecular complexity index is 5740. The average molecular weight is 1780 g/mol. The SMILES string of the molecule is CCOC(=O)[C@@H]1[C@H]2COc3cc(CC)ccc3[C@@H]2N2C(=O)N(c3ccc(C)cc3)C(=O)[C@@]12C.CCOC(=O)[C@@H]1[C@H]2COc3cc(CC)ccc3[C@@H]2N2C(=O)N(c3ccc(Cl)cc3)C(=O)[C@@]12C.CCOC(=O)[C@@H]1[C@H]2COc3cc(CC)ccc3[C@@H]2N2C(=O)N(c3cccc(F)c3)C(=O)[C@@]12C.CCOC(=O)[C@@H]1[C@H]2COc3ccccc3[C@@H]2N2C(=O)N(c3ccccc3)C(=O)[C@@]12C. The summed E-state index contributed by atoms with van der Waals surface area (Å²) in [5.41, 5.74) is 3.48. The first-order valence-corrected chi connectivity index (χ1v) is 44.3. The lowest BCUT2D eigenvalue weighted by Gasteiger charge is -2.34. The summed E-state index contributed by atoms with van der Waals surface area (Å²) in [6, 6.07) is 49.3. The maximum absolute atomic E-state index is 13.9. The molecule has 8 aromatic carbocycles. The number of amides is 12. The predicted octanol–water partition coefficient (Wildman–Crippen LogP) is 15.4. The van der Waals surface area contributed by atoms with Crippen molar-refractivity contribution in [2.24, 2.45) is 47.3 Å². The highest BCUT2D eigenvalue weighted by molar-refractivity contribution is 6.31. The molecule has 670 valence electrons. The molecule has 12 heterocycles. The molecule has 0 unspecified atom stereocenters. The van der Waals surface area contributed by atoms with Crippen LogP contribution in [-0.4, -0.2) is 166 Å². The smallest absolute Gasteiger partial charge is 0.332 e. The molecule has 129 heavy (non-hydrogen) atoms. The molecule has 0 bridgehead atoms. The number of nitrogens with zero attached hydrogens (tertiary/aromatic N) is 8. The Hall–Kier alpha value is -13.2. The predicted molar refractivity (Wildman–Crippen MR) is 469 cm³/mol. The fourth-order valence-corrected chi connectivity index (χ4v) is 22.2. The van der Waals surface area contributed by atoms with Gasteiger partial charge < -0.3 is 57.5 Å². The second kappa shape index (κ2) is 33.8. The molecule has 0 N–H and O–H groups in total. The van der Waals surface area contributed by atoms with Crippen LogP contribution in [0.4, 0.5) is 46.3 Å². The van der Waals surface area contributed by atoms with Crippen molar-refractivity contribution in [1.29, 1.82) is 0 Å². The number of benzene rings is 8. The van der Waals surface area contributed by atoms with Gasteiger partial charge in [-0.1, -0.05) is 129 Å². The summed E-state index contributed by atoms with van der Waals surface area (Å²) in [7, 11) is 0. The Balaban J connectivity index is 0.000000121. The number of halogens is 2. The molecule has 0 saturated carbocycles. The van der Waals surface area contributed by atoms with E-state index >= 15 is 0 Å². The third-order valence-electron chi connectivity index (χ3n) is 28.0. The van der Waals surface area contributed by atoms with Crippen LogP contribution in [0, 0.1) is 60.1 Å². The number of fused-ring (bicyclic) bond motifs is 20. The van der Waals surface area contributed by atoms with E-state index < -0.39 is 159 Å². The van der Waals surface area contributed by atoms with Crippen LogP contribution in [0.15, 0.2) is 182 Å². The van der Waals surface area contributed by atoms with Gasteiger partial charge in [0, 0.05) is 50.9 Å². The summed E-state index contributed by atoms with van der Waals surface area (Å²) in [6.45, 7) is 23.3. The fraction of sp³-hybridized carbons (Fsp3) is 0.394. The number of carbonyl (C=O) groups is 12. The lowest BCUT2D eigenvalue weighted by atomic mass is 9.77. The van der Waals surface area contributed by atoms with Crippen LogP contribution in [0.5, 0.6) is 23.0 Å². The Morgan fingerprint density at radius 2 is 0.636 bits per heavy atom. The number of aryl methyl sites for hydroxylation is 4. The van der Waals surface area contributed by atoms with Crippen molar-refractivity contribution in [3.8, 4) is 23.0 Å². The summed E-state index contributed by atoms with van der Waals surface area (Å²) in [6.07, 6.45) is 2.53. The van der Waals surface area contributed by atoms with Crippen molar-refractivity contribution < 1.29 is 99.8 Å². The molecule has 8 fully saturated rings. The van der Waals surface area contributed by atoms with E-state index in [1.165, 1.54) is 32.9 Å². The summed E-state index contributed by atoms with van der Waals surface area (Å²) in [4.78, 5) is 174. The molecule has 8 aromatic rings. The molecule has 12 aliphatic rings. The molecule has 0 aliphatic carbocycles. The topological polar surface area (TPSA) is 305 Å². The standard InChI is InChI=1S/C26H28N2O5.C25H25ClN2O5.C25H25FN2O5.C23H22N2O5/c1-5-16-9-12-18-20(13-16)33-14-19-21(23(29)32-6-2)26(4)24(30)27(25(31)28(26)22(18)19)17-10-7-15(3)8-11-17;1-4-14-6-11-17-19(12-14)33-13-18-20(22(29)32-5-2)25(3)23(30)27(24(31)28(25)21(17)18)16-9-7-15(26)8-10-16;1-4-14-9-10-17-19(11-14)33-13-18-20(22(29)32-5-2)25(3)23(30)27(24(31)28(25)21(17)18)16-8-6-7-15(26)12-16;1-3-29-20(26)18-16-13-30-17-12-8-7-11-15(17)19(16)25-22(28)24(21(27)23(18,25)2)14-9-5-4-6-10-14/h7-13,19,21-22H,5-6,14H2,1-4H3;2*6-12,18,20-21H,4-5,13H2,1-3H3;4-12,16,18-19H,3,13H2,1-2H3/t19-,21+,22+,26-;2*18-,20+,21+,25-;16-,18+,19+,23-/m1111/s1. The molecular formula is C99H100ClFN8O20. The van der Waals surface area contributed by atoms with Gasteiger partial charge in [0.2, 0.25) is 0 Å². The van der Waals surface area contributed by atoms with E-state index in [9.17, 15) is 61.9 Å². The first kappa shape index (κ1) is 87.9. The third kappa shape index (κ3) is 13.5. The third-order valence-corrected chi connectivity index (χ3v) is 28.3. The zero-order chi connectivity index (χ0) is 91.5. The number of ether oxygens (including phenoxy) is 8. The minimum Gasteiger partial charge on any atom is -0.493 e. The molecule has 0 aromatic heterocycles. The summed E-state index contributed by atoms with van der Waals surface area (Å²) in [5, 5.41) is 0.499. The maximum Gasteiger partial charge on any atom is 0.332 e. The van der Waals surface area contributed by atoms with Crippen LogP contribution >= 0.6 is 11.6 Å². The van der Waals surface area contributed by atoms with Gasteiger partial charge in [0.25, 0.3) is 23.6 Å². The van der Waals surface area contributed by atoms with Gasteiger partial charge in [-0.15, -0.1) is 0 Å². The van der Waals surface area contributed by atoms with E-state index in [4.69, 9.17) is 49.5 Å².